The summed E-state index contributed by atoms with van der Waals surface area (Å²) in [6.45, 7) is 3.83. The summed E-state index contributed by atoms with van der Waals surface area (Å²) in [6, 6.07) is 22.0. The Labute approximate surface area is 210 Å². The molecule has 7 nitrogen and oxygen atoms in total. The minimum atomic E-state index is -0.485. The molecule has 180 valence electrons. The van der Waals surface area contributed by atoms with Crippen molar-refractivity contribution in [3.8, 4) is 0 Å². The van der Waals surface area contributed by atoms with Crippen LogP contribution in [0.15, 0.2) is 92.0 Å². The summed E-state index contributed by atoms with van der Waals surface area (Å²) < 4.78 is 7.06. The number of fused-ring (bicyclic) bond motifs is 2. The highest BCUT2D eigenvalue weighted by Crippen LogP contribution is 2.28. The number of hydrogen-bond acceptors (Lipinski definition) is 6. The van der Waals surface area contributed by atoms with Gasteiger partial charge in [-0.25, -0.2) is 9.78 Å². The molecule has 0 aliphatic rings. The van der Waals surface area contributed by atoms with E-state index in [0.29, 0.717) is 39.6 Å². The molecule has 0 atom stereocenters. The van der Waals surface area contributed by atoms with Crippen LogP contribution in [0.3, 0.4) is 0 Å². The van der Waals surface area contributed by atoms with E-state index in [1.807, 2.05) is 55.5 Å². The third-order valence-corrected chi connectivity index (χ3v) is 6.82. The molecule has 0 aliphatic heterocycles. The molecule has 2 aromatic heterocycles. The van der Waals surface area contributed by atoms with Crippen molar-refractivity contribution >= 4 is 45.2 Å². The maximum atomic E-state index is 13.4. The lowest BCUT2D eigenvalue weighted by molar-refractivity contribution is -0.114. The number of benzene rings is 3. The summed E-state index contributed by atoms with van der Waals surface area (Å²) in [6.07, 6.45) is 0. The number of aromatic nitrogens is 2. The van der Waals surface area contributed by atoms with Crippen LogP contribution in [0.25, 0.3) is 21.9 Å². The molecule has 2 heterocycles. The van der Waals surface area contributed by atoms with Crippen molar-refractivity contribution in [2.45, 2.75) is 31.3 Å². The van der Waals surface area contributed by atoms with Crippen molar-refractivity contribution in [1.29, 1.82) is 0 Å². The molecular formula is C28H23N3O4S. The number of carbonyl (C=O) groups excluding carboxylic acids is 1. The van der Waals surface area contributed by atoms with Crippen molar-refractivity contribution in [1.82, 2.24) is 9.55 Å². The quantitative estimate of drug-likeness (QED) is 0.199. The van der Waals surface area contributed by atoms with Crippen LogP contribution in [-0.4, -0.2) is 15.5 Å². The molecule has 0 spiro atoms. The van der Waals surface area contributed by atoms with Gasteiger partial charge in [0.15, 0.2) is 5.16 Å². The lowest BCUT2D eigenvalue weighted by Crippen LogP contribution is -2.24. The molecule has 8 heteroatoms. The normalized spacial score (nSPS) is 11.2. The smallest absolute Gasteiger partial charge is 0.336 e. The summed E-state index contributed by atoms with van der Waals surface area (Å²) in [7, 11) is 0. The first-order chi connectivity index (χ1) is 17.4. The number of nitrogens with one attached hydrogen (secondary N) is 1. The van der Waals surface area contributed by atoms with Crippen molar-refractivity contribution < 1.29 is 9.21 Å². The van der Waals surface area contributed by atoms with E-state index in [-0.39, 0.29) is 11.5 Å². The van der Waals surface area contributed by atoms with Gasteiger partial charge < -0.3 is 9.73 Å². The number of thioether (sulfide) groups is 1. The van der Waals surface area contributed by atoms with Crippen LogP contribution < -0.4 is 16.5 Å². The number of aryl methyl sites for hydroxylation is 1. The molecule has 0 saturated heterocycles. The molecule has 5 rings (SSSR count). The first-order valence-electron chi connectivity index (χ1n) is 11.4. The Kier molecular flexibility index (Phi) is 6.43. The minimum absolute atomic E-state index is 0.110. The van der Waals surface area contributed by atoms with E-state index in [1.54, 1.807) is 22.8 Å². The zero-order chi connectivity index (χ0) is 25.2. The minimum Gasteiger partial charge on any atom is -0.423 e. The Hall–Kier alpha value is -4.17. The SMILES string of the molecule is CC(=O)Nc1ccc2c(CSc3nc4ccccc4c(=O)n3Cc3ccc(C)cc3)cc(=O)oc2c1. The van der Waals surface area contributed by atoms with Crippen LogP contribution in [0.2, 0.25) is 0 Å². The van der Waals surface area contributed by atoms with Crippen LogP contribution in [0, 0.1) is 6.92 Å². The average Bonchev–Trinajstić information content (AvgIpc) is 2.85. The van der Waals surface area contributed by atoms with Crippen LogP contribution in [0.5, 0.6) is 0 Å². The number of hydrogen-bond donors (Lipinski definition) is 1. The second-order valence-corrected chi connectivity index (χ2v) is 9.50. The second-order valence-electron chi connectivity index (χ2n) is 8.56. The maximum absolute atomic E-state index is 13.4. The third kappa shape index (κ3) is 4.94. The highest BCUT2D eigenvalue weighted by Gasteiger charge is 2.14. The molecule has 5 aromatic rings. The molecule has 3 aromatic carbocycles. The van der Waals surface area contributed by atoms with Gasteiger partial charge in [0.25, 0.3) is 5.56 Å². The van der Waals surface area contributed by atoms with Gasteiger partial charge in [0.05, 0.1) is 17.4 Å². The Morgan fingerprint density at radius 2 is 1.78 bits per heavy atom. The van der Waals surface area contributed by atoms with E-state index >= 15 is 0 Å². The fourth-order valence-electron chi connectivity index (χ4n) is 4.05. The molecule has 0 saturated carbocycles. The van der Waals surface area contributed by atoms with E-state index in [1.165, 1.54) is 24.8 Å². The molecule has 36 heavy (non-hydrogen) atoms. The fraction of sp³-hybridized carbons (Fsp3) is 0.143. The number of rotatable bonds is 6. The van der Waals surface area contributed by atoms with Gasteiger partial charge in [-0.05, 0) is 42.3 Å². The molecule has 0 bridgehead atoms. The Bertz CT molecular complexity index is 1720. The highest BCUT2D eigenvalue weighted by molar-refractivity contribution is 7.98. The van der Waals surface area contributed by atoms with Gasteiger partial charge in [-0.1, -0.05) is 53.7 Å². The monoisotopic (exact) mass is 497 g/mol. The predicted molar refractivity (Wildman–Crippen MR) is 143 cm³/mol. The zero-order valence-electron chi connectivity index (χ0n) is 19.8. The number of carbonyl (C=O) groups is 1. The molecule has 1 N–H and O–H groups in total. The summed E-state index contributed by atoms with van der Waals surface area (Å²) in [4.78, 5) is 41.9. The van der Waals surface area contributed by atoms with Crippen LogP contribution >= 0.6 is 11.8 Å². The van der Waals surface area contributed by atoms with Gasteiger partial charge in [0.2, 0.25) is 5.91 Å². The zero-order valence-corrected chi connectivity index (χ0v) is 20.6. The van der Waals surface area contributed by atoms with Crippen LogP contribution in [0.1, 0.15) is 23.6 Å². The van der Waals surface area contributed by atoms with Crippen molar-refractivity contribution in [3.05, 3.63) is 110 Å². The summed E-state index contributed by atoms with van der Waals surface area (Å²) >= 11 is 1.39. The third-order valence-electron chi connectivity index (χ3n) is 5.80. The van der Waals surface area contributed by atoms with Gasteiger partial charge in [0, 0.05) is 35.9 Å². The maximum Gasteiger partial charge on any atom is 0.336 e. The first-order valence-corrected chi connectivity index (χ1v) is 12.4. The van der Waals surface area contributed by atoms with E-state index < -0.39 is 5.63 Å². The Morgan fingerprint density at radius 3 is 2.56 bits per heavy atom. The van der Waals surface area contributed by atoms with Gasteiger partial charge in [-0.15, -0.1) is 0 Å². The van der Waals surface area contributed by atoms with E-state index in [2.05, 4.69) is 5.32 Å². The van der Waals surface area contributed by atoms with Gasteiger partial charge in [0.1, 0.15) is 5.58 Å². The number of para-hydroxylation sites is 1. The molecule has 0 radical (unpaired) electrons. The van der Waals surface area contributed by atoms with E-state index in [0.717, 1.165) is 22.1 Å². The summed E-state index contributed by atoms with van der Waals surface area (Å²) in [5, 5.41) is 4.58. The second kappa shape index (κ2) is 9.83. The van der Waals surface area contributed by atoms with Crippen molar-refractivity contribution in [3.63, 3.8) is 0 Å². The summed E-state index contributed by atoms with van der Waals surface area (Å²) in [5.74, 6) is 0.192. The standard InChI is InChI=1S/C28H23N3O4S/c1-17-7-9-19(10-8-17)15-31-27(34)23-5-3-4-6-24(23)30-28(31)36-16-20-13-26(33)35-25-14-21(29-18(2)32)11-12-22(20)25/h3-14H,15-16H2,1-2H3,(H,29,32). The number of anilines is 1. The largest absolute Gasteiger partial charge is 0.423 e. The molecule has 1 amide bonds. The van der Waals surface area contributed by atoms with Crippen molar-refractivity contribution in [2.24, 2.45) is 0 Å². The van der Waals surface area contributed by atoms with Gasteiger partial charge in [-0.3, -0.25) is 14.2 Å². The van der Waals surface area contributed by atoms with E-state index in [9.17, 15) is 14.4 Å². The fourth-order valence-corrected chi connectivity index (χ4v) is 5.04. The average molecular weight is 498 g/mol. The van der Waals surface area contributed by atoms with E-state index in [4.69, 9.17) is 9.40 Å². The Morgan fingerprint density at radius 1 is 1.00 bits per heavy atom. The van der Waals surface area contributed by atoms with Crippen LogP contribution in [-0.2, 0) is 17.1 Å². The van der Waals surface area contributed by atoms with Crippen LogP contribution in [0.4, 0.5) is 5.69 Å². The lowest BCUT2D eigenvalue weighted by atomic mass is 10.1. The molecule has 0 unspecified atom stereocenters. The number of nitrogens with zero attached hydrogens (tertiary/aromatic N) is 2. The molecular weight excluding hydrogens is 474 g/mol. The van der Waals surface area contributed by atoms with Gasteiger partial charge in [-0.2, -0.15) is 0 Å². The lowest BCUT2D eigenvalue weighted by Gasteiger charge is -2.14. The topological polar surface area (TPSA) is 94.2 Å². The number of amides is 1. The molecule has 0 fully saturated rings. The van der Waals surface area contributed by atoms with Crippen molar-refractivity contribution in [2.75, 3.05) is 5.32 Å². The summed E-state index contributed by atoms with van der Waals surface area (Å²) in [5.41, 5.74) is 3.86. The highest BCUT2D eigenvalue weighted by atomic mass is 32.2. The van der Waals surface area contributed by atoms with Gasteiger partial charge >= 0.3 is 5.63 Å². The Balaban J connectivity index is 1.54. The predicted octanol–water partition coefficient (Wildman–Crippen LogP) is 5.11. The first kappa shape index (κ1) is 23.6. The molecule has 0 aliphatic carbocycles.